The van der Waals surface area contributed by atoms with Crippen LogP contribution in [0.3, 0.4) is 0 Å². The van der Waals surface area contributed by atoms with Gasteiger partial charge in [0.15, 0.2) is 0 Å². The number of carbonyl (C=O) groups is 3. The number of ether oxygens (including phenoxy) is 4. The predicted octanol–water partition coefficient (Wildman–Crippen LogP) is 2.09. The van der Waals surface area contributed by atoms with E-state index in [-0.39, 0.29) is 23.4 Å². The molecule has 1 N–H and O–H groups in total. The van der Waals surface area contributed by atoms with Crippen LogP contribution >= 0.6 is 0 Å². The van der Waals surface area contributed by atoms with Gasteiger partial charge >= 0.3 is 17.9 Å². The molecule has 4 aliphatic rings. The van der Waals surface area contributed by atoms with E-state index in [0.29, 0.717) is 31.4 Å². The van der Waals surface area contributed by atoms with Crippen LogP contribution in [0.4, 0.5) is 0 Å². The van der Waals surface area contributed by atoms with Gasteiger partial charge in [0.2, 0.25) is 0 Å². The summed E-state index contributed by atoms with van der Waals surface area (Å²) in [6, 6.07) is 0. The molecule has 4 rings (SSSR count). The first-order valence-corrected chi connectivity index (χ1v) is 11.3. The Morgan fingerprint density at radius 2 is 2.03 bits per heavy atom. The Labute approximate surface area is 187 Å². The lowest BCUT2D eigenvalue weighted by molar-refractivity contribution is -0.210. The number of aliphatic hydroxyl groups excluding tert-OH is 1. The van der Waals surface area contributed by atoms with Gasteiger partial charge in [-0.3, -0.25) is 4.79 Å². The third-order valence-electron chi connectivity index (χ3n) is 7.76. The molecule has 0 aromatic rings. The number of rotatable bonds is 5. The van der Waals surface area contributed by atoms with Gasteiger partial charge in [-0.25, -0.2) is 9.59 Å². The molecule has 0 aromatic heterocycles. The average molecular weight is 449 g/mol. The van der Waals surface area contributed by atoms with Crippen LogP contribution in [0.1, 0.15) is 47.0 Å². The molecule has 8 nitrogen and oxygen atoms in total. The molecule has 0 radical (unpaired) electrons. The normalized spacial score (nSPS) is 40.6. The summed E-state index contributed by atoms with van der Waals surface area (Å²) in [6.07, 6.45) is 1.46. The fraction of sp³-hybridized carbons (Fsp3) is 0.708. The van der Waals surface area contributed by atoms with E-state index >= 15 is 0 Å². The van der Waals surface area contributed by atoms with Crippen LogP contribution < -0.4 is 0 Å². The number of aliphatic hydroxyl groups is 1. The molecule has 2 saturated heterocycles. The first-order valence-electron chi connectivity index (χ1n) is 11.3. The van der Waals surface area contributed by atoms with Gasteiger partial charge in [-0.1, -0.05) is 33.4 Å². The summed E-state index contributed by atoms with van der Waals surface area (Å²) < 4.78 is 23.5. The number of epoxide rings is 1. The van der Waals surface area contributed by atoms with Crippen molar-refractivity contribution < 1.29 is 38.4 Å². The summed E-state index contributed by atoms with van der Waals surface area (Å²) in [5, 5.41) is 9.48. The molecule has 7 atom stereocenters. The molecule has 8 heteroatoms. The summed E-state index contributed by atoms with van der Waals surface area (Å²) >= 11 is 0. The van der Waals surface area contributed by atoms with Gasteiger partial charge in [0.25, 0.3) is 0 Å². The van der Waals surface area contributed by atoms with Crippen LogP contribution in [-0.4, -0.2) is 60.1 Å². The Hall–Kier alpha value is -2.19. The lowest BCUT2D eigenvalue weighted by Crippen LogP contribution is -2.63. The fourth-order valence-electron chi connectivity index (χ4n) is 5.96. The maximum absolute atomic E-state index is 12.7. The van der Waals surface area contributed by atoms with E-state index in [1.807, 2.05) is 6.92 Å². The van der Waals surface area contributed by atoms with E-state index in [9.17, 15) is 19.5 Å². The standard InChI is InChI=1S/C24H32O8/c1-6-14(10-25)22(28)31-16-7-8-24(11-29-24)19-18-17(13(4)21(27)32-18)15(9-23(16,19)5)30-20(26)12(2)3/h6,12,15-19,25H,4,7-11H2,1-3,5H3. The quantitative estimate of drug-likeness (QED) is 0.295. The topological polar surface area (TPSA) is 112 Å². The van der Waals surface area contributed by atoms with E-state index in [1.165, 1.54) is 6.08 Å². The Bertz CT molecular complexity index is 869. The van der Waals surface area contributed by atoms with Gasteiger partial charge in [-0.05, 0) is 26.2 Å². The summed E-state index contributed by atoms with van der Waals surface area (Å²) in [4.78, 5) is 37.7. The highest BCUT2D eigenvalue weighted by Crippen LogP contribution is 2.64. The van der Waals surface area contributed by atoms with Gasteiger partial charge in [0.1, 0.15) is 18.3 Å². The molecular weight excluding hydrogens is 416 g/mol. The second-order valence-electron chi connectivity index (χ2n) is 10.00. The highest BCUT2D eigenvalue weighted by atomic mass is 16.6. The summed E-state index contributed by atoms with van der Waals surface area (Å²) in [7, 11) is 0. The minimum Gasteiger partial charge on any atom is -0.461 e. The molecule has 7 unspecified atom stereocenters. The Morgan fingerprint density at radius 1 is 1.34 bits per heavy atom. The van der Waals surface area contributed by atoms with Crippen LogP contribution in [0.5, 0.6) is 0 Å². The molecule has 32 heavy (non-hydrogen) atoms. The van der Waals surface area contributed by atoms with Crippen LogP contribution in [0, 0.1) is 23.2 Å². The maximum Gasteiger partial charge on any atom is 0.336 e. The highest BCUT2D eigenvalue weighted by molar-refractivity contribution is 5.91. The first kappa shape index (κ1) is 23.0. The molecule has 2 saturated carbocycles. The Kier molecular flexibility index (Phi) is 5.74. The molecule has 0 aromatic carbocycles. The van der Waals surface area contributed by atoms with Crippen molar-refractivity contribution in [3.05, 3.63) is 23.8 Å². The molecule has 2 aliphatic carbocycles. The monoisotopic (exact) mass is 448 g/mol. The minimum absolute atomic E-state index is 0.185. The molecule has 176 valence electrons. The van der Waals surface area contributed by atoms with Crippen molar-refractivity contribution in [2.75, 3.05) is 13.2 Å². The zero-order chi connectivity index (χ0) is 23.4. The number of carbonyl (C=O) groups excluding carboxylic acids is 3. The van der Waals surface area contributed by atoms with Gasteiger partial charge in [0.05, 0.1) is 36.2 Å². The van der Waals surface area contributed by atoms with Crippen molar-refractivity contribution in [2.24, 2.45) is 23.2 Å². The largest absolute Gasteiger partial charge is 0.461 e. The summed E-state index contributed by atoms with van der Waals surface area (Å²) in [5.74, 6) is -2.43. The molecule has 2 heterocycles. The summed E-state index contributed by atoms with van der Waals surface area (Å²) in [6.45, 7) is 11.2. The SMILES string of the molecule is C=C1C(=O)OC2C1C(OC(=O)C(C)C)CC1(C)C(OC(=O)C(=CC)CO)CCC3(CO3)C21. The van der Waals surface area contributed by atoms with Crippen LogP contribution in [0.25, 0.3) is 0 Å². The molecule has 4 fully saturated rings. The Morgan fingerprint density at radius 3 is 2.59 bits per heavy atom. The van der Waals surface area contributed by atoms with Gasteiger partial charge in [-0.2, -0.15) is 0 Å². The summed E-state index contributed by atoms with van der Waals surface area (Å²) in [5.41, 5.74) is -0.610. The van der Waals surface area contributed by atoms with Gasteiger partial charge < -0.3 is 24.1 Å². The van der Waals surface area contributed by atoms with E-state index in [1.54, 1.807) is 20.8 Å². The number of fused-ring (bicyclic) bond motifs is 4. The first-order chi connectivity index (χ1) is 15.1. The second kappa shape index (κ2) is 7.99. The molecule has 1 spiro atoms. The minimum atomic E-state index is -0.660. The van der Waals surface area contributed by atoms with Crippen LogP contribution in [0.2, 0.25) is 0 Å². The van der Waals surface area contributed by atoms with Crippen molar-refractivity contribution in [1.29, 1.82) is 0 Å². The zero-order valence-corrected chi connectivity index (χ0v) is 19.1. The maximum atomic E-state index is 12.7. The van der Waals surface area contributed by atoms with Crippen molar-refractivity contribution in [3.63, 3.8) is 0 Å². The number of hydrogen-bond donors (Lipinski definition) is 1. The van der Waals surface area contributed by atoms with Crippen LogP contribution in [-0.2, 0) is 33.3 Å². The van der Waals surface area contributed by atoms with Crippen molar-refractivity contribution in [3.8, 4) is 0 Å². The molecule has 0 amide bonds. The number of hydrogen-bond acceptors (Lipinski definition) is 8. The molecule has 2 aliphatic heterocycles. The third kappa shape index (κ3) is 3.48. The Balaban J connectivity index is 1.71. The van der Waals surface area contributed by atoms with Crippen molar-refractivity contribution in [2.45, 2.75) is 70.9 Å². The predicted molar refractivity (Wildman–Crippen MR) is 112 cm³/mol. The number of allylic oxidation sites excluding steroid dienone is 1. The number of esters is 3. The highest BCUT2D eigenvalue weighted by Gasteiger charge is 2.72. The van der Waals surface area contributed by atoms with Gasteiger partial charge in [0, 0.05) is 16.9 Å². The van der Waals surface area contributed by atoms with Crippen molar-refractivity contribution in [1.82, 2.24) is 0 Å². The van der Waals surface area contributed by atoms with E-state index in [4.69, 9.17) is 18.9 Å². The zero-order valence-electron chi connectivity index (χ0n) is 19.1. The van der Waals surface area contributed by atoms with Crippen molar-refractivity contribution >= 4 is 17.9 Å². The molecular formula is C24H32O8. The fourth-order valence-corrected chi connectivity index (χ4v) is 5.96. The smallest absolute Gasteiger partial charge is 0.336 e. The van der Waals surface area contributed by atoms with E-state index in [0.717, 1.165) is 0 Å². The average Bonchev–Trinajstić information content (AvgIpc) is 3.43. The lowest BCUT2D eigenvalue weighted by Gasteiger charge is -2.56. The molecule has 0 bridgehead atoms. The van der Waals surface area contributed by atoms with E-state index < -0.39 is 53.8 Å². The lowest BCUT2D eigenvalue weighted by atomic mass is 9.51. The van der Waals surface area contributed by atoms with Crippen LogP contribution in [0.15, 0.2) is 23.8 Å². The van der Waals surface area contributed by atoms with Gasteiger partial charge in [-0.15, -0.1) is 0 Å². The van der Waals surface area contributed by atoms with E-state index in [2.05, 4.69) is 6.58 Å². The second-order valence-corrected chi connectivity index (χ2v) is 10.00. The third-order valence-corrected chi connectivity index (χ3v) is 7.76.